The van der Waals surface area contributed by atoms with Crippen LogP contribution in [0.5, 0.6) is 0 Å². The van der Waals surface area contributed by atoms with E-state index in [1.165, 1.54) is 0 Å². The van der Waals surface area contributed by atoms with Gasteiger partial charge in [0.2, 0.25) is 0 Å². The molecule has 2 N–H and O–H groups in total. The van der Waals surface area contributed by atoms with Gasteiger partial charge < -0.3 is 14.8 Å². The molecule has 0 atom stereocenters. The minimum Gasteiger partial charge on any atom is -0.506 e. The van der Waals surface area contributed by atoms with Crippen molar-refractivity contribution in [2.24, 2.45) is 0 Å². The van der Waals surface area contributed by atoms with Crippen LogP contribution in [0.15, 0.2) is 48.9 Å². The number of carbonyl (C=O) groups excluding carboxylic acids is 1. The molecule has 0 spiro atoms. The molecule has 102 valence electrons. The van der Waals surface area contributed by atoms with Crippen LogP contribution in [0.4, 0.5) is 0 Å². The molecule has 0 amide bonds. The van der Waals surface area contributed by atoms with Crippen molar-refractivity contribution >= 4 is 17.5 Å². The van der Waals surface area contributed by atoms with Gasteiger partial charge in [0, 0.05) is 31.2 Å². The van der Waals surface area contributed by atoms with Crippen molar-refractivity contribution in [1.29, 1.82) is 0 Å². The fourth-order valence-electron chi connectivity index (χ4n) is 1.73. The summed E-state index contributed by atoms with van der Waals surface area (Å²) in [4.78, 5) is 25.4. The Kier molecular flexibility index (Phi) is 3.95. The lowest BCUT2D eigenvalue weighted by Gasteiger charge is -2.08. The van der Waals surface area contributed by atoms with Crippen molar-refractivity contribution in [2.75, 3.05) is 0 Å². The van der Waals surface area contributed by atoms with Gasteiger partial charge in [0.15, 0.2) is 0 Å². The Morgan fingerprint density at radius 3 is 2.55 bits per heavy atom. The van der Waals surface area contributed by atoms with Crippen molar-refractivity contribution in [3.05, 3.63) is 60.2 Å². The Balaban J connectivity index is 2.25. The number of carbonyl (C=O) groups is 2. The van der Waals surface area contributed by atoms with E-state index < -0.39 is 11.8 Å². The largest absolute Gasteiger partial charge is 0.506 e. The summed E-state index contributed by atoms with van der Waals surface area (Å²) in [5, 5.41) is 18.3. The minimum absolute atomic E-state index is 0.372. The van der Waals surface area contributed by atoms with Crippen LogP contribution in [0.25, 0.3) is 5.76 Å². The summed E-state index contributed by atoms with van der Waals surface area (Å²) in [6.45, 7) is 0.476. The van der Waals surface area contributed by atoms with Crippen molar-refractivity contribution in [2.45, 2.75) is 6.54 Å². The number of hydrogen-bond acceptors (Lipinski definition) is 4. The SMILES string of the molecule is O=C(O)C(=O)C=C(O)c1cccn1Cc1ccncc1. The van der Waals surface area contributed by atoms with Gasteiger partial charge in [0.05, 0.1) is 5.69 Å². The summed E-state index contributed by atoms with van der Waals surface area (Å²) >= 11 is 0. The summed E-state index contributed by atoms with van der Waals surface area (Å²) in [5.74, 6) is -3.15. The van der Waals surface area contributed by atoms with Crippen LogP contribution in [0.2, 0.25) is 0 Å². The Morgan fingerprint density at radius 1 is 1.20 bits per heavy atom. The van der Waals surface area contributed by atoms with Gasteiger partial charge in [-0.15, -0.1) is 0 Å². The number of carboxylic acids is 1. The molecular weight excluding hydrogens is 260 g/mol. The highest BCUT2D eigenvalue weighted by Gasteiger charge is 2.12. The number of carboxylic acid groups (broad SMARTS) is 1. The first-order valence-electron chi connectivity index (χ1n) is 5.80. The van der Waals surface area contributed by atoms with Crippen molar-refractivity contribution in [1.82, 2.24) is 9.55 Å². The zero-order valence-electron chi connectivity index (χ0n) is 10.4. The number of aliphatic hydroxyl groups excluding tert-OH is 1. The first-order chi connectivity index (χ1) is 9.58. The average Bonchev–Trinajstić information content (AvgIpc) is 2.88. The van der Waals surface area contributed by atoms with Crippen molar-refractivity contribution in [3.8, 4) is 0 Å². The Bertz CT molecular complexity index is 659. The number of nitrogens with zero attached hydrogens (tertiary/aromatic N) is 2. The van der Waals surface area contributed by atoms with E-state index in [0.29, 0.717) is 18.3 Å². The lowest BCUT2D eigenvalue weighted by molar-refractivity contribution is -0.146. The van der Waals surface area contributed by atoms with Crippen molar-refractivity contribution < 1.29 is 19.8 Å². The zero-order valence-corrected chi connectivity index (χ0v) is 10.4. The third-order valence-corrected chi connectivity index (χ3v) is 2.67. The first kappa shape index (κ1) is 13.5. The lowest BCUT2D eigenvalue weighted by atomic mass is 10.2. The van der Waals surface area contributed by atoms with E-state index in [1.807, 2.05) is 12.1 Å². The molecule has 2 rings (SSSR count). The normalized spacial score (nSPS) is 11.3. The number of rotatable bonds is 5. The Morgan fingerprint density at radius 2 is 1.90 bits per heavy atom. The molecule has 20 heavy (non-hydrogen) atoms. The van der Waals surface area contributed by atoms with Gasteiger partial charge >= 0.3 is 5.97 Å². The van der Waals surface area contributed by atoms with Gasteiger partial charge in [-0.2, -0.15) is 0 Å². The van der Waals surface area contributed by atoms with Gasteiger partial charge in [0.25, 0.3) is 5.78 Å². The van der Waals surface area contributed by atoms with E-state index >= 15 is 0 Å². The number of pyridine rings is 1. The Hall–Kier alpha value is -2.89. The van der Waals surface area contributed by atoms with E-state index in [4.69, 9.17) is 5.11 Å². The maximum Gasteiger partial charge on any atom is 0.376 e. The molecule has 2 aromatic rings. The monoisotopic (exact) mass is 272 g/mol. The topological polar surface area (TPSA) is 92.4 Å². The van der Waals surface area contributed by atoms with Gasteiger partial charge in [-0.1, -0.05) is 0 Å². The fraction of sp³-hybridized carbons (Fsp3) is 0.0714. The predicted molar refractivity (Wildman–Crippen MR) is 71.0 cm³/mol. The molecule has 0 fully saturated rings. The maximum absolute atomic E-state index is 11.1. The van der Waals surface area contributed by atoms with Crippen LogP contribution in [0.1, 0.15) is 11.3 Å². The minimum atomic E-state index is -1.61. The van der Waals surface area contributed by atoms with Gasteiger partial charge in [-0.25, -0.2) is 4.79 Å². The summed E-state index contributed by atoms with van der Waals surface area (Å²) in [6.07, 6.45) is 5.73. The number of aromatic nitrogens is 2. The van der Waals surface area contributed by atoms with Gasteiger partial charge in [-0.05, 0) is 29.8 Å². The zero-order chi connectivity index (χ0) is 14.5. The summed E-state index contributed by atoms with van der Waals surface area (Å²) < 4.78 is 1.70. The molecular formula is C14H12N2O4. The molecule has 2 heterocycles. The number of hydrogen-bond donors (Lipinski definition) is 2. The molecule has 0 saturated carbocycles. The molecule has 2 aromatic heterocycles. The van der Waals surface area contributed by atoms with E-state index in [0.717, 1.165) is 5.56 Å². The highest BCUT2D eigenvalue weighted by molar-refractivity contribution is 6.38. The molecule has 0 radical (unpaired) electrons. The van der Waals surface area contributed by atoms with Crippen LogP contribution >= 0.6 is 0 Å². The standard InChI is InChI=1S/C14H12N2O4/c17-12(8-13(18)14(19)20)11-2-1-7-16(11)9-10-3-5-15-6-4-10/h1-8,17H,9H2,(H,19,20). The third-order valence-electron chi connectivity index (χ3n) is 2.67. The molecule has 0 bridgehead atoms. The number of aliphatic hydroxyl groups is 1. The van der Waals surface area contributed by atoms with E-state index in [-0.39, 0.29) is 5.76 Å². The quantitative estimate of drug-likeness (QED) is 0.488. The maximum atomic E-state index is 11.1. The van der Waals surface area contributed by atoms with Crippen molar-refractivity contribution in [3.63, 3.8) is 0 Å². The summed E-state index contributed by atoms with van der Waals surface area (Å²) in [7, 11) is 0. The Labute approximate surface area is 114 Å². The second-order valence-corrected chi connectivity index (χ2v) is 4.08. The number of aliphatic carboxylic acids is 1. The third kappa shape index (κ3) is 3.11. The highest BCUT2D eigenvalue weighted by atomic mass is 16.4. The molecule has 0 aliphatic carbocycles. The molecule has 0 aliphatic heterocycles. The molecule has 0 saturated heterocycles. The summed E-state index contributed by atoms with van der Waals surface area (Å²) in [6, 6.07) is 6.95. The predicted octanol–water partition coefficient (Wildman–Crippen LogP) is 1.48. The van der Waals surface area contributed by atoms with Crippen LogP contribution < -0.4 is 0 Å². The molecule has 6 heteroatoms. The van der Waals surface area contributed by atoms with Crippen LogP contribution in [0, 0.1) is 0 Å². The number of ketones is 1. The van der Waals surface area contributed by atoms with E-state index in [2.05, 4.69) is 4.98 Å². The lowest BCUT2D eigenvalue weighted by Crippen LogP contribution is -2.10. The van der Waals surface area contributed by atoms with Gasteiger partial charge in [-0.3, -0.25) is 9.78 Å². The average molecular weight is 272 g/mol. The van der Waals surface area contributed by atoms with Crippen LogP contribution in [-0.4, -0.2) is 31.5 Å². The molecule has 0 aromatic carbocycles. The summed E-state index contributed by atoms with van der Waals surface area (Å²) in [5.41, 5.74) is 1.34. The van der Waals surface area contributed by atoms with Crippen LogP contribution in [0.3, 0.4) is 0 Å². The highest BCUT2D eigenvalue weighted by Crippen LogP contribution is 2.14. The van der Waals surface area contributed by atoms with E-state index in [9.17, 15) is 14.7 Å². The van der Waals surface area contributed by atoms with E-state index in [1.54, 1.807) is 35.3 Å². The molecule has 6 nitrogen and oxygen atoms in total. The smallest absolute Gasteiger partial charge is 0.376 e. The fourth-order valence-corrected chi connectivity index (χ4v) is 1.73. The first-order valence-corrected chi connectivity index (χ1v) is 5.80. The molecule has 0 aliphatic rings. The van der Waals surface area contributed by atoms with Gasteiger partial charge in [0.1, 0.15) is 5.76 Å². The van der Waals surface area contributed by atoms with Crippen LogP contribution in [-0.2, 0) is 16.1 Å². The molecule has 0 unspecified atom stereocenters. The second-order valence-electron chi connectivity index (χ2n) is 4.08. The second kappa shape index (κ2) is 5.83.